The largest absolute Gasteiger partial charge is 0.395 e. The number of hydrogen-bond acceptors (Lipinski definition) is 6. The summed E-state index contributed by atoms with van der Waals surface area (Å²) < 4.78 is 0. The third-order valence-electron chi connectivity index (χ3n) is 4.36. The summed E-state index contributed by atoms with van der Waals surface area (Å²) in [6.07, 6.45) is 0. The highest BCUT2D eigenvalue weighted by atomic mass is 16.6. The minimum absolute atomic E-state index is 0.110. The van der Waals surface area contributed by atoms with Crippen molar-refractivity contribution >= 4 is 5.69 Å². The lowest BCUT2D eigenvalue weighted by Gasteiger charge is -2.36. The van der Waals surface area contributed by atoms with Crippen LogP contribution in [-0.4, -0.2) is 72.2 Å². The maximum absolute atomic E-state index is 10.8. The van der Waals surface area contributed by atoms with Gasteiger partial charge in [-0.1, -0.05) is 19.1 Å². The molecule has 1 aromatic rings. The maximum Gasteiger partial charge on any atom is 0.269 e. The van der Waals surface area contributed by atoms with E-state index in [1.165, 1.54) is 0 Å². The molecule has 1 aliphatic heterocycles. The molecule has 1 heterocycles. The zero-order valence-electron chi connectivity index (χ0n) is 13.6. The summed E-state index contributed by atoms with van der Waals surface area (Å²) >= 11 is 0. The predicted molar refractivity (Wildman–Crippen MR) is 89.5 cm³/mol. The molecule has 23 heavy (non-hydrogen) atoms. The SMILES string of the molecule is CCN(CCO)C(CN1CCNCC1)c1ccc([N+](=O)[O-])cc1. The van der Waals surface area contributed by atoms with Crippen LogP contribution in [0.25, 0.3) is 0 Å². The number of benzene rings is 1. The standard InChI is InChI=1S/C16H26N4O3/c1-2-19(11-12-21)16(13-18-9-7-17-8-10-18)14-3-5-15(6-4-14)20(22)23/h3-6,16-17,21H,2,7-13H2,1H3. The van der Waals surface area contributed by atoms with Gasteiger partial charge in [-0.15, -0.1) is 0 Å². The van der Waals surface area contributed by atoms with E-state index in [0.29, 0.717) is 6.54 Å². The average molecular weight is 322 g/mol. The van der Waals surface area contributed by atoms with Crippen LogP contribution in [0.4, 0.5) is 5.69 Å². The molecule has 1 aliphatic rings. The molecule has 0 spiro atoms. The van der Waals surface area contributed by atoms with E-state index >= 15 is 0 Å². The summed E-state index contributed by atoms with van der Waals surface area (Å²) in [5.41, 5.74) is 1.17. The Bertz CT molecular complexity index is 489. The number of aliphatic hydroxyl groups excluding tert-OH is 1. The van der Waals surface area contributed by atoms with Crippen LogP contribution >= 0.6 is 0 Å². The first-order chi connectivity index (χ1) is 11.2. The second-order valence-electron chi connectivity index (χ2n) is 5.77. The lowest BCUT2D eigenvalue weighted by molar-refractivity contribution is -0.384. The van der Waals surface area contributed by atoms with Crippen molar-refractivity contribution in [3.63, 3.8) is 0 Å². The van der Waals surface area contributed by atoms with Crippen molar-refractivity contribution in [3.8, 4) is 0 Å². The topological polar surface area (TPSA) is 81.9 Å². The third kappa shape index (κ3) is 4.97. The van der Waals surface area contributed by atoms with Crippen molar-refractivity contribution < 1.29 is 10.0 Å². The fraction of sp³-hybridized carbons (Fsp3) is 0.625. The molecule has 0 amide bonds. The molecule has 1 unspecified atom stereocenters. The van der Waals surface area contributed by atoms with E-state index in [2.05, 4.69) is 22.0 Å². The van der Waals surface area contributed by atoms with Crippen LogP contribution in [0.15, 0.2) is 24.3 Å². The third-order valence-corrected chi connectivity index (χ3v) is 4.36. The predicted octanol–water partition coefficient (Wildman–Crippen LogP) is 0.855. The Morgan fingerprint density at radius 3 is 2.52 bits per heavy atom. The van der Waals surface area contributed by atoms with E-state index in [9.17, 15) is 15.2 Å². The highest BCUT2D eigenvalue weighted by molar-refractivity contribution is 5.34. The monoisotopic (exact) mass is 322 g/mol. The van der Waals surface area contributed by atoms with E-state index in [1.807, 2.05) is 12.1 Å². The van der Waals surface area contributed by atoms with Crippen molar-refractivity contribution in [1.29, 1.82) is 0 Å². The Balaban J connectivity index is 2.18. The molecule has 7 heteroatoms. The van der Waals surface area contributed by atoms with Crippen molar-refractivity contribution in [2.24, 2.45) is 0 Å². The molecule has 2 rings (SSSR count). The lowest BCUT2D eigenvalue weighted by atomic mass is 10.0. The van der Waals surface area contributed by atoms with Gasteiger partial charge >= 0.3 is 0 Å². The molecule has 1 aromatic carbocycles. The van der Waals surface area contributed by atoms with Gasteiger partial charge < -0.3 is 10.4 Å². The number of nitrogens with one attached hydrogen (secondary N) is 1. The lowest BCUT2D eigenvalue weighted by Crippen LogP contribution is -2.47. The number of nitro groups is 1. The molecule has 7 nitrogen and oxygen atoms in total. The minimum Gasteiger partial charge on any atom is -0.395 e. The number of hydrogen-bond donors (Lipinski definition) is 2. The maximum atomic E-state index is 10.8. The van der Waals surface area contributed by atoms with Crippen LogP contribution in [0, 0.1) is 10.1 Å². The normalized spacial score (nSPS) is 17.3. The number of aliphatic hydroxyl groups is 1. The first kappa shape index (κ1) is 17.8. The first-order valence-electron chi connectivity index (χ1n) is 8.18. The molecule has 0 radical (unpaired) electrons. The van der Waals surface area contributed by atoms with E-state index < -0.39 is 0 Å². The number of nitrogens with zero attached hydrogens (tertiary/aromatic N) is 3. The zero-order valence-corrected chi connectivity index (χ0v) is 13.6. The molecule has 0 aromatic heterocycles. The second kappa shape index (κ2) is 8.93. The summed E-state index contributed by atoms with van der Waals surface area (Å²) in [6, 6.07) is 6.93. The number of likely N-dealkylation sites (N-methyl/N-ethyl adjacent to an activating group) is 1. The summed E-state index contributed by atoms with van der Waals surface area (Å²) in [5.74, 6) is 0. The smallest absolute Gasteiger partial charge is 0.269 e. The van der Waals surface area contributed by atoms with Crippen LogP contribution in [0.5, 0.6) is 0 Å². The Morgan fingerprint density at radius 2 is 2.00 bits per heavy atom. The number of nitro benzene ring substituents is 1. The fourth-order valence-electron chi connectivity index (χ4n) is 3.05. The molecule has 2 N–H and O–H groups in total. The van der Waals surface area contributed by atoms with Gasteiger partial charge in [-0.3, -0.25) is 19.9 Å². The van der Waals surface area contributed by atoms with Gasteiger partial charge in [0, 0.05) is 57.4 Å². The molecule has 0 aliphatic carbocycles. The van der Waals surface area contributed by atoms with Gasteiger partial charge in [-0.25, -0.2) is 0 Å². The molecule has 1 atom stereocenters. The Hall–Kier alpha value is -1.54. The summed E-state index contributed by atoms with van der Waals surface area (Å²) in [5, 5.41) is 23.5. The summed E-state index contributed by atoms with van der Waals surface area (Å²) in [6.45, 7) is 8.45. The summed E-state index contributed by atoms with van der Waals surface area (Å²) in [4.78, 5) is 15.1. The summed E-state index contributed by atoms with van der Waals surface area (Å²) in [7, 11) is 0. The van der Waals surface area contributed by atoms with Gasteiger partial charge in [0.15, 0.2) is 0 Å². The van der Waals surface area contributed by atoms with Gasteiger partial charge in [0.2, 0.25) is 0 Å². The van der Waals surface area contributed by atoms with E-state index in [0.717, 1.165) is 44.8 Å². The zero-order chi connectivity index (χ0) is 16.7. The van der Waals surface area contributed by atoms with Crippen LogP contribution in [0.2, 0.25) is 0 Å². The number of rotatable bonds is 8. The quantitative estimate of drug-likeness (QED) is 0.546. The molecule has 128 valence electrons. The van der Waals surface area contributed by atoms with Crippen LogP contribution in [0.3, 0.4) is 0 Å². The van der Waals surface area contributed by atoms with E-state index in [1.54, 1.807) is 12.1 Å². The number of non-ortho nitro benzene ring substituents is 1. The number of piperazine rings is 1. The van der Waals surface area contributed by atoms with Crippen molar-refractivity contribution in [1.82, 2.24) is 15.1 Å². The second-order valence-corrected chi connectivity index (χ2v) is 5.77. The van der Waals surface area contributed by atoms with E-state index in [4.69, 9.17) is 0 Å². The van der Waals surface area contributed by atoms with E-state index in [-0.39, 0.29) is 23.3 Å². The van der Waals surface area contributed by atoms with Gasteiger partial charge in [-0.05, 0) is 12.1 Å². The minimum atomic E-state index is -0.375. The van der Waals surface area contributed by atoms with Crippen LogP contribution in [-0.2, 0) is 0 Å². The van der Waals surface area contributed by atoms with Gasteiger partial charge in [0.05, 0.1) is 11.5 Å². The molecule has 0 bridgehead atoms. The van der Waals surface area contributed by atoms with Crippen molar-refractivity contribution in [2.45, 2.75) is 13.0 Å². The average Bonchev–Trinajstić information content (AvgIpc) is 2.59. The van der Waals surface area contributed by atoms with Gasteiger partial charge in [0.25, 0.3) is 5.69 Å². The highest BCUT2D eigenvalue weighted by Gasteiger charge is 2.23. The van der Waals surface area contributed by atoms with Crippen LogP contribution in [0.1, 0.15) is 18.5 Å². The van der Waals surface area contributed by atoms with Crippen molar-refractivity contribution in [2.75, 3.05) is 52.4 Å². The van der Waals surface area contributed by atoms with Gasteiger partial charge in [0.1, 0.15) is 0 Å². The Labute approximate surface area is 137 Å². The van der Waals surface area contributed by atoms with Crippen molar-refractivity contribution in [3.05, 3.63) is 39.9 Å². The Morgan fingerprint density at radius 1 is 1.35 bits per heavy atom. The first-order valence-corrected chi connectivity index (χ1v) is 8.18. The molecule has 0 saturated carbocycles. The Kier molecular flexibility index (Phi) is 6.91. The molecule has 1 fully saturated rings. The molecular formula is C16H26N4O3. The molecule has 1 saturated heterocycles. The highest BCUT2D eigenvalue weighted by Crippen LogP contribution is 2.24. The van der Waals surface area contributed by atoms with Gasteiger partial charge in [-0.2, -0.15) is 0 Å². The van der Waals surface area contributed by atoms with Crippen LogP contribution < -0.4 is 5.32 Å². The fourth-order valence-corrected chi connectivity index (χ4v) is 3.05. The molecular weight excluding hydrogens is 296 g/mol.